The van der Waals surface area contributed by atoms with E-state index in [0.717, 1.165) is 19.0 Å². The van der Waals surface area contributed by atoms with Crippen LogP contribution in [0.4, 0.5) is 0 Å². The van der Waals surface area contributed by atoms with Crippen molar-refractivity contribution in [1.82, 2.24) is 5.32 Å². The Kier molecular flexibility index (Phi) is 2.48. The summed E-state index contributed by atoms with van der Waals surface area (Å²) in [6.07, 6.45) is 6.24. The van der Waals surface area contributed by atoms with Gasteiger partial charge in [-0.2, -0.15) is 0 Å². The number of carbonyl (C=O) groups is 1. The van der Waals surface area contributed by atoms with Crippen LogP contribution in [-0.4, -0.2) is 18.4 Å². The normalized spacial score (nSPS) is 26.1. The van der Waals surface area contributed by atoms with Gasteiger partial charge in [0, 0.05) is 19.0 Å². The summed E-state index contributed by atoms with van der Waals surface area (Å²) in [7, 11) is 0. The average molecular weight is 193 g/mol. The first-order chi connectivity index (χ1) is 6.55. The maximum Gasteiger partial charge on any atom is 0.156 e. The lowest BCUT2D eigenvalue weighted by Gasteiger charge is -2.28. The zero-order valence-electron chi connectivity index (χ0n) is 9.10. The molecule has 0 atom stereocenters. The highest BCUT2D eigenvalue weighted by Crippen LogP contribution is 2.33. The highest BCUT2D eigenvalue weighted by atomic mass is 16.1. The second-order valence-electron chi connectivity index (χ2n) is 5.44. The standard InChI is InChI=1S/C12H19NO/c1-12(2)6-9(5-11(14)7-12)8-13-10-3-4-10/h5,10,13H,3-4,6-8H2,1-2H3. The maximum atomic E-state index is 11.4. The zero-order chi connectivity index (χ0) is 10.2. The number of carbonyl (C=O) groups excluding carboxylic acids is 1. The summed E-state index contributed by atoms with van der Waals surface area (Å²) in [6.45, 7) is 5.27. The molecule has 1 fully saturated rings. The number of hydrogen-bond acceptors (Lipinski definition) is 2. The molecule has 0 amide bonds. The van der Waals surface area contributed by atoms with Crippen LogP contribution >= 0.6 is 0 Å². The predicted octanol–water partition coefficient (Wildman–Crippen LogP) is 2.05. The van der Waals surface area contributed by atoms with E-state index in [-0.39, 0.29) is 5.41 Å². The summed E-state index contributed by atoms with van der Waals surface area (Å²) in [5.74, 6) is 0.300. The Balaban J connectivity index is 1.92. The SMILES string of the molecule is CC1(C)CC(=O)C=C(CNC2CC2)C1. The molecule has 0 spiro atoms. The van der Waals surface area contributed by atoms with Crippen molar-refractivity contribution in [2.45, 2.75) is 45.6 Å². The summed E-state index contributed by atoms with van der Waals surface area (Å²) in [4.78, 5) is 11.4. The van der Waals surface area contributed by atoms with Crippen molar-refractivity contribution < 1.29 is 4.79 Å². The van der Waals surface area contributed by atoms with Crippen LogP contribution in [0.1, 0.15) is 39.5 Å². The van der Waals surface area contributed by atoms with Crippen molar-refractivity contribution in [2.24, 2.45) is 5.41 Å². The monoisotopic (exact) mass is 193 g/mol. The van der Waals surface area contributed by atoms with E-state index in [4.69, 9.17) is 0 Å². The Morgan fingerprint density at radius 3 is 2.71 bits per heavy atom. The van der Waals surface area contributed by atoms with Gasteiger partial charge in [0.15, 0.2) is 5.78 Å². The number of hydrogen-bond donors (Lipinski definition) is 1. The van der Waals surface area contributed by atoms with Crippen LogP contribution in [0.25, 0.3) is 0 Å². The van der Waals surface area contributed by atoms with Gasteiger partial charge in [-0.3, -0.25) is 4.79 Å². The first-order valence-corrected chi connectivity index (χ1v) is 5.51. The molecule has 78 valence electrons. The molecule has 2 aliphatic rings. The Hall–Kier alpha value is -0.630. The van der Waals surface area contributed by atoms with Crippen molar-refractivity contribution in [3.05, 3.63) is 11.6 Å². The number of ketones is 1. The summed E-state index contributed by atoms with van der Waals surface area (Å²) >= 11 is 0. The van der Waals surface area contributed by atoms with E-state index in [1.54, 1.807) is 0 Å². The molecular weight excluding hydrogens is 174 g/mol. The van der Waals surface area contributed by atoms with E-state index in [1.165, 1.54) is 18.4 Å². The number of allylic oxidation sites excluding steroid dienone is 1. The van der Waals surface area contributed by atoms with Gasteiger partial charge in [-0.05, 0) is 30.8 Å². The van der Waals surface area contributed by atoms with Gasteiger partial charge in [-0.15, -0.1) is 0 Å². The fraction of sp³-hybridized carbons (Fsp3) is 0.750. The molecule has 0 unspecified atom stereocenters. The minimum absolute atomic E-state index is 0.173. The Bertz CT molecular complexity index is 274. The van der Waals surface area contributed by atoms with Crippen molar-refractivity contribution in [3.8, 4) is 0 Å². The van der Waals surface area contributed by atoms with Crippen LogP contribution in [0.5, 0.6) is 0 Å². The second-order valence-corrected chi connectivity index (χ2v) is 5.44. The van der Waals surface area contributed by atoms with Crippen LogP contribution in [0.2, 0.25) is 0 Å². The first-order valence-electron chi connectivity index (χ1n) is 5.51. The molecule has 0 heterocycles. The Morgan fingerprint density at radius 2 is 2.14 bits per heavy atom. The van der Waals surface area contributed by atoms with E-state index in [9.17, 15) is 4.79 Å². The lowest BCUT2D eigenvalue weighted by atomic mass is 9.77. The smallest absolute Gasteiger partial charge is 0.156 e. The van der Waals surface area contributed by atoms with Crippen LogP contribution in [0.15, 0.2) is 11.6 Å². The van der Waals surface area contributed by atoms with Gasteiger partial charge in [-0.1, -0.05) is 19.4 Å². The molecule has 0 aliphatic heterocycles. The molecule has 0 aromatic rings. The third-order valence-corrected chi connectivity index (χ3v) is 2.92. The molecule has 0 aromatic heterocycles. The minimum atomic E-state index is 0.173. The van der Waals surface area contributed by atoms with Crippen LogP contribution in [-0.2, 0) is 4.79 Å². The van der Waals surface area contributed by atoms with Crippen molar-refractivity contribution in [1.29, 1.82) is 0 Å². The highest BCUT2D eigenvalue weighted by Gasteiger charge is 2.28. The maximum absolute atomic E-state index is 11.4. The minimum Gasteiger partial charge on any atom is -0.310 e. The lowest BCUT2D eigenvalue weighted by Crippen LogP contribution is -2.27. The zero-order valence-corrected chi connectivity index (χ0v) is 9.10. The second kappa shape index (κ2) is 3.50. The quantitative estimate of drug-likeness (QED) is 0.743. The summed E-state index contributed by atoms with van der Waals surface area (Å²) in [5, 5.41) is 3.46. The van der Waals surface area contributed by atoms with Crippen molar-refractivity contribution in [3.63, 3.8) is 0 Å². The number of nitrogens with one attached hydrogen (secondary N) is 1. The fourth-order valence-electron chi connectivity index (χ4n) is 2.15. The first kappa shape index (κ1) is 9.91. The van der Waals surface area contributed by atoms with Gasteiger partial charge >= 0.3 is 0 Å². The number of rotatable bonds is 3. The Labute approximate surface area is 85.8 Å². The van der Waals surface area contributed by atoms with E-state index < -0.39 is 0 Å². The predicted molar refractivity (Wildman–Crippen MR) is 57.1 cm³/mol. The molecule has 2 nitrogen and oxygen atoms in total. The fourth-order valence-corrected chi connectivity index (χ4v) is 2.15. The van der Waals surface area contributed by atoms with E-state index in [2.05, 4.69) is 19.2 Å². The molecule has 0 aromatic carbocycles. The summed E-state index contributed by atoms with van der Waals surface area (Å²) < 4.78 is 0. The lowest BCUT2D eigenvalue weighted by molar-refractivity contribution is -0.117. The summed E-state index contributed by atoms with van der Waals surface area (Å²) in [6, 6.07) is 0.732. The third kappa shape index (κ3) is 2.68. The molecule has 0 bridgehead atoms. The van der Waals surface area contributed by atoms with Gasteiger partial charge < -0.3 is 5.32 Å². The van der Waals surface area contributed by atoms with E-state index >= 15 is 0 Å². The average Bonchev–Trinajstić information content (AvgIpc) is 2.79. The van der Waals surface area contributed by atoms with Crippen molar-refractivity contribution >= 4 is 5.78 Å². The van der Waals surface area contributed by atoms with Crippen molar-refractivity contribution in [2.75, 3.05) is 6.54 Å². The van der Waals surface area contributed by atoms with Gasteiger partial charge in [0.25, 0.3) is 0 Å². The topological polar surface area (TPSA) is 29.1 Å². The van der Waals surface area contributed by atoms with Crippen LogP contribution in [0, 0.1) is 5.41 Å². The summed E-state index contributed by atoms with van der Waals surface area (Å²) in [5.41, 5.74) is 1.46. The molecule has 2 rings (SSSR count). The largest absolute Gasteiger partial charge is 0.310 e. The van der Waals surface area contributed by atoms with Crippen LogP contribution in [0.3, 0.4) is 0 Å². The van der Waals surface area contributed by atoms with Gasteiger partial charge in [-0.25, -0.2) is 0 Å². The van der Waals surface area contributed by atoms with E-state index in [0.29, 0.717) is 12.2 Å². The molecule has 14 heavy (non-hydrogen) atoms. The molecule has 2 aliphatic carbocycles. The molecular formula is C12H19NO. The third-order valence-electron chi connectivity index (χ3n) is 2.92. The van der Waals surface area contributed by atoms with Gasteiger partial charge in [0.05, 0.1) is 0 Å². The van der Waals surface area contributed by atoms with Gasteiger partial charge in [0.1, 0.15) is 0 Å². The van der Waals surface area contributed by atoms with E-state index in [1.807, 2.05) is 6.08 Å². The molecule has 2 heteroatoms. The molecule has 0 saturated heterocycles. The van der Waals surface area contributed by atoms with Crippen LogP contribution < -0.4 is 5.32 Å². The highest BCUT2D eigenvalue weighted by molar-refractivity contribution is 5.91. The van der Waals surface area contributed by atoms with Gasteiger partial charge in [0.2, 0.25) is 0 Å². The molecule has 1 saturated carbocycles. The molecule has 0 radical (unpaired) electrons. The Morgan fingerprint density at radius 1 is 1.43 bits per heavy atom. The molecule has 1 N–H and O–H groups in total.